The first-order chi connectivity index (χ1) is 12.4. The van der Waals surface area contributed by atoms with Gasteiger partial charge in [0.2, 0.25) is 5.88 Å². The van der Waals surface area contributed by atoms with Gasteiger partial charge in [-0.3, -0.25) is 4.99 Å². The van der Waals surface area contributed by atoms with E-state index in [1.807, 2.05) is 18.0 Å². The standard InChI is InChI=1S/C17H21F3N4OS/c1-21-16(24(2)8-7-14-4-3-9-26-14)23-11-13-5-6-15(22-10-13)25-12-17(18,19)20/h3-6,9-10H,7-8,11-12H2,1-2H3,(H,21,23). The lowest BCUT2D eigenvalue weighted by atomic mass is 10.3. The van der Waals surface area contributed by atoms with Gasteiger partial charge in [0.25, 0.3) is 0 Å². The number of guanidine groups is 1. The number of nitrogens with one attached hydrogen (secondary N) is 1. The van der Waals surface area contributed by atoms with Crippen LogP contribution in [0.1, 0.15) is 10.4 Å². The molecule has 0 aliphatic rings. The van der Waals surface area contributed by atoms with Crippen LogP contribution < -0.4 is 10.1 Å². The summed E-state index contributed by atoms with van der Waals surface area (Å²) < 4.78 is 40.9. The third kappa shape index (κ3) is 6.91. The van der Waals surface area contributed by atoms with Gasteiger partial charge in [-0.2, -0.15) is 13.2 Å². The Morgan fingerprint density at radius 3 is 2.73 bits per heavy atom. The van der Waals surface area contributed by atoms with E-state index in [0.29, 0.717) is 6.54 Å². The van der Waals surface area contributed by atoms with Gasteiger partial charge >= 0.3 is 6.18 Å². The fourth-order valence-electron chi connectivity index (χ4n) is 2.16. The largest absolute Gasteiger partial charge is 0.468 e. The first-order valence-corrected chi connectivity index (χ1v) is 8.84. The van der Waals surface area contributed by atoms with Crippen LogP contribution in [0.2, 0.25) is 0 Å². The molecule has 1 N–H and O–H groups in total. The maximum atomic E-state index is 12.1. The molecule has 0 aromatic carbocycles. The van der Waals surface area contributed by atoms with Crippen LogP contribution >= 0.6 is 11.3 Å². The Morgan fingerprint density at radius 1 is 1.35 bits per heavy atom. The molecule has 26 heavy (non-hydrogen) atoms. The summed E-state index contributed by atoms with van der Waals surface area (Å²) >= 11 is 1.72. The summed E-state index contributed by atoms with van der Waals surface area (Å²) in [6.07, 6.45) is -1.96. The first kappa shape index (κ1) is 20.0. The van der Waals surface area contributed by atoms with Crippen molar-refractivity contribution in [1.29, 1.82) is 0 Å². The van der Waals surface area contributed by atoms with E-state index in [9.17, 15) is 13.2 Å². The third-order valence-electron chi connectivity index (χ3n) is 3.48. The summed E-state index contributed by atoms with van der Waals surface area (Å²) in [6.45, 7) is -0.0650. The first-order valence-electron chi connectivity index (χ1n) is 7.96. The molecule has 0 bridgehead atoms. The monoisotopic (exact) mass is 386 g/mol. The molecule has 0 saturated heterocycles. The van der Waals surface area contributed by atoms with Crippen LogP contribution in [0, 0.1) is 0 Å². The number of hydrogen-bond acceptors (Lipinski definition) is 4. The molecule has 0 atom stereocenters. The smallest absolute Gasteiger partial charge is 0.422 e. The molecule has 9 heteroatoms. The molecule has 2 rings (SSSR count). The van der Waals surface area contributed by atoms with Gasteiger partial charge in [0.1, 0.15) is 0 Å². The zero-order valence-corrected chi connectivity index (χ0v) is 15.4. The van der Waals surface area contributed by atoms with Crippen LogP contribution in [0.4, 0.5) is 13.2 Å². The Balaban J connectivity index is 1.80. The average Bonchev–Trinajstić information content (AvgIpc) is 3.12. The Labute approximate surface area is 154 Å². The number of alkyl halides is 3. The maximum absolute atomic E-state index is 12.1. The Kier molecular flexibility index (Phi) is 7.26. The number of hydrogen-bond donors (Lipinski definition) is 1. The predicted octanol–water partition coefficient (Wildman–Crippen LogP) is 3.33. The highest BCUT2D eigenvalue weighted by Gasteiger charge is 2.28. The van der Waals surface area contributed by atoms with Crippen molar-refractivity contribution in [3.63, 3.8) is 0 Å². The van der Waals surface area contributed by atoms with E-state index in [4.69, 9.17) is 0 Å². The van der Waals surface area contributed by atoms with Gasteiger partial charge in [0.15, 0.2) is 12.6 Å². The normalized spacial score (nSPS) is 12.1. The minimum Gasteiger partial charge on any atom is -0.468 e. The summed E-state index contributed by atoms with van der Waals surface area (Å²) in [7, 11) is 3.66. The lowest BCUT2D eigenvalue weighted by Crippen LogP contribution is -2.39. The van der Waals surface area contributed by atoms with Crippen LogP contribution in [0.5, 0.6) is 5.88 Å². The third-order valence-corrected chi connectivity index (χ3v) is 4.42. The van der Waals surface area contributed by atoms with Crippen molar-refractivity contribution in [3.05, 3.63) is 46.3 Å². The van der Waals surface area contributed by atoms with Crippen LogP contribution in [0.15, 0.2) is 40.8 Å². The second kappa shape index (κ2) is 9.42. The molecule has 2 aromatic heterocycles. The summed E-state index contributed by atoms with van der Waals surface area (Å²) in [6, 6.07) is 7.22. The van der Waals surface area contributed by atoms with E-state index in [0.717, 1.165) is 24.5 Å². The zero-order chi connectivity index (χ0) is 19.0. The van der Waals surface area contributed by atoms with Crippen LogP contribution in [0.3, 0.4) is 0 Å². The molecular formula is C17H21F3N4OS. The number of rotatable bonds is 7. The van der Waals surface area contributed by atoms with Gasteiger partial charge in [-0.15, -0.1) is 11.3 Å². The fourth-order valence-corrected chi connectivity index (χ4v) is 2.86. The maximum Gasteiger partial charge on any atom is 0.422 e. The zero-order valence-electron chi connectivity index (χ0n) is 14.6. The SMILES string of the molecule is CN=C(NCc1ccc(OCC(F)(F)F)nc1)N(C)CCc1cccs1. The minimum atomic E-state index is -4.37. The molecule has 0 aliphatic heterocycles. The van der Waals surface area contributed by atoms with Gasteiger partial charge in [0, 0.05) is 44.3 Å². The second-order valence-corrected chi connectivity index (χ2v) is 6.59. The van der Waals surface area contributed by atoms with E-state index in [-0.39, 0.29) is 5.88 Å². The van der Waals surface area contributed by atoms with E-state index in [2.05, 4.69) is 31.5 Å². The number of nitrogens with zero attached hydrogens (tertiary/aromatic N) is 3. The van der Waals surface area contributed by atoms with Crippen molar-refractivity contribution >= 4 is 17.3 Å². The topological polar surface area (TPSA) is 49.8 Å². The predicted molar refractivity (Wildman–Crippen MR) is 96.6 cm³/mol. The number of aliphatic imine (C=N–C) groups is 1. The number of thiophene rings is 1. The van der Waals surface area contributed by atoms with Crippen molar-refractivity contribution in [2.45, 2.75) is 19.1 Å². The highest BCUT2D eigenvalue weighted by molar-refractivity contribution is 7.09. The number of halogens is 3. The molecule has 0 saturated carbocycles. The molecule has 142 valence electrons. The van der Waals surface area contributed by atoms with Gasteiger partial charge in [0.05, 0.1) is 0 Å². The molecule has 5 nitrogen and oxygen atoms in total. The summed E-state index contributed by atoms with van der Waals surface area (Å²) in [5.74, 6) is 0.683. The summed E-state index contributed by atoms with van der Waals surface area (Å²) in [5, 5.41) is 5.26. The van der Waals surface area contributed by atoms with Crippen molar-refractivity contribution in [1.82, 2.24) is 15.2 Å². The van der Waals surface area contributed by atoms with E-state index >= 15 is 0 Å². The average molecular weight is 386 g/mol. The Morgan fingerprint density at radius 2 is 2.15 bits per heavy atom. The lowest BCUT2D eigenvalue weighted by molar-refractivity contribution is -0.154. The molecule has 0 fully saturated rings. The number of pyridine rings is 1. The van der Waals surface area contributed by atoms with Gasteiger partial charge in [-0.1, -0.05) is 12.1 Å². The molecular weight excluding hydrogens is 365 g/mol. The summed E-state index contributed by atoms with van der Waals surface area (Å²) in [4.78, 5) is 11.5. The highest BCUT2D eigenvalue weighted by atomic mass is 32.1. The molecule has 2 heterocycles. The Bertz CT molecular complexity index is 687. The Hall–Kier alpha value is -2.29. The van der Waals surface area contributed by atoms with Gasteiger partial charge in [-0.05, 0) is 23.4 Å². The van der Waals surface area contributed by atoms with Crippen LogP contribution in [0.25, 0.3) is 0 Å². The molecule has 0 unspecified atom stereocenters. The van der Waals surface area contributed by atoms with Gasteiger partial charge in [-0.25, -0.2) is 4.98 Å². The second-order valence-electron chi connectivity index (χ2n) is 5.56. The molecule has 0 amide bonds. The molecule has 0 aliphatic carbocycles. The minimum absolute atomic E-state index is 0.0523. The molecule has 2 aromatic rings. The van der Waals surface area contributed by atoms with E-state index < -0.39 is 12.8 Å². The quantitative estimate of drug-likeness (QED) is 0.586. The van der Waals surface area contributed by atoms with Gasteiger partial charge < -0.3 is 15.0 Å². The van der Waals surface area contributed by atoms with Crippen molar-refractivity contribution in [2.75, 3.05) is 27.2 Å². The molecule has 0 radical (unpaired) electrons. The highest BCUT2D eigenvalue weighted by Crippen LogP contribution is 2.17. The van der Waals surface area contributed by atoms with Crippen LogP contribution in [-0.4, -0.2) is 49.3 Å². The number of ether oxygens (including phenoxy) is 1. The number of aromatic nitrogens is 1. The van der Waals surface area contributed by atoms with Crippen molar-refractivity contribution < 1.29 is 17.9 Å². The van der Waals surface area contributed by atoms with Crippen molar-refractivity contribution in [3.8, 4) is 5.88 Å². The summed E-state index contributed by atoms with van der Waals surface area (Å²) in [5.41, 5.74) is 0.817. The number of likely N-dealkylation sites (N-methyl/N-ethyl adjacent to an activating group) is 1. The lowest BCUT2D eigenvalue weighted by Gasteiger charge is -2.21. The van der Waals surface area contributed by atoms with E-state index in [1.54, 1.807) is 24.5 Å². The van der Waals surface area contributed by atoms with E-state index in [1.165, 1.54) is 17.1 Å². The molecule has 0 spiro atoms. The van der Waals surface area contributed by atoms with Crippen LogP contribution in [-0.2, 0) is 13.0 Å². The van der Waals surface area contributed by atoms with Crippen molar-refractivity contribution in [2.24, 2.45) is 4.99 Å². The fraction of sp³-hybridized carbons (Fsp3) is 0.412.